The van der Waals surface area contributed by atoms with Gasteiger partial charge in [-0.05, 0) is 41.0 Å². The summed E-state index contributed by atoms with van der Waals surface area (Å²) in [5.41, 5.74) is 0. The number of nitrogens with one attached hydrogen (secondary N) is 1. The zero-order chi connectivity index (χ0) is 12.7. The highest BCUT2D eigenvalue weighted by atomic mass is 16.3. The van der Waals surface area contributed by atoms with Crippen LogP contribution in [0.25, 0.3) is 0 Å². The Labute approximate surface area is 99.0 Å². The van der Waals surface area contributed by atoms with Gasteiger partial charge in [0.05, 0.1) is 12.1 Å². The van der Waals surface area contributed by atoms with Crippen LogP contribution >= 0.6 is 0 Å². The van der Waals surface area contributed by atoms with E-state index >= 15 is 0 Å². The summed E-state index contributed by atoms with van der Waals surface area (Å²) in [5.74, 6) is 0.127. The maximum absolute atomic E-state index is 11.9. The predicted molar refractivity (Wildman–Crippen MR) is 66.3 cm³/mol. The molecule has 0 fully saturated rings. The molecule has 4 nitrogen and oxygen atoms in total. The van der Waals surface area contributed by atoms with Gasteiger partial charge in [-0.2, -0.15) is 0 Å². The second kappa shape index (κ2) is 7.63. The second-order valence-corrected chi connectivity index (χ2v) is 4.38. The van der Waals surface area contributed by atoms with Crippen LogP contribution in [0.15, 0.2) is 0 Å². The Hall–Kier alpha value is -0.610. The van der Waals surface area contributed by atoms with Crippen molar-refractivity contribution in [2.75, 3.05) is 13.1 Å². The van der Waals surface area contributed by atoms with Crippen LogP contribution in [0.2, 0.25) is 0 Å². The van der Waals surface area contributed by atoms with Crippen LogP contribution in [0.1, 0.15) is 41.0 Å². The van der Waals surface area contributed by atoms with Gasteiger partial charge in [0, 0.05) is 19.1 Å². The van der Waals surface area contributed by atoms with Gasteiger partial charge in [0.2, 0.25) is 5.91 Å². The fourth-order valence-corrected chi connectivity index (χ4v) is 1.89. The number of aliphatic hydroxyl groups is 1. The number of carbonyl (C=O) groups is 1. The topological polar surface area (TPSA) is 52.6 Å². The van der Waals surface area contributed by atoms with E-state index in [1.165, 1.54) is 0 Å². The number of carbonyl (C=O) groups excluding carboxylic acids is 1. The van der Waals surface area contributed by atoms with Crippen molar-refractivity contribution >= 4 is 5.91 Å². The standard InChI is InChI=1S/C12H26N2O2/c1-6-14(7-2)12(16)11(5)13-9(3)8-10(4)15/h9-11,13,15H,6-8H2,1-5H3. The Morgan fingerprint density at radius 2 is 1.75 bits per heavy atom. The molecule has 0 aromatic carbocycles. The first-order valence-corrected chi connectivity index (χ1v) is 6.15. The molecule has 96 valence electrons. The number of rotatable bonds is 7. The van der Waals surface area contributed by atoms with Crippen LogP contribution in [-0.2, 0) is 4.79 Å². The Morgan fingerprint density at radius 3 is 2.12 bits per heavy atom. The summed E-state index contributed by atoms with van der Waals surface area (Å²) in [6.45, 7) is 11.1. The third kappa shape index (κ3) is 5.47. The van der Waals surface area contributed by atoms with Crippen molar-refractivity contribution in [1.82, 2.24) is 10.2 Å². The zero-order valence-electron chi connectivity index (χ0n) is 11.2. The summed E-state index contributed by atoms with van der Waals surface area (Å²) in [4.78, 5) is 13.7. The van der Waals surface area contributed by atoms with Gasteiger partial charge < -0.3 is 15.3 Å². The highest BCUT2D eigenvalue weighted by Crippen LogP contribution is 2.01. The highest BCUT2D eigenvalue weighted by Gasteiger charge is 2.19. The minimum absolute atomic E-state index is 0.127. The van der Waals surface area contributed by atoms with Crippen LogP contribution in [0.4, 0.5) is 0 Å². The minimum atomic E-state index is -0.335. The molecule has 0 heterocycles. The number of aliphatic hydroxyl groups excluding tert-OH is 1. The van der Waals surface area contributed by atoms with E-state index in [2.05, 4.69) is 5.32 Å². The van der Waals surface area contributed by atoms with Gasteiger partial charge in [-0.15, -0.1) is 0 Å². The molecule has 3 atom stereocenters. The van der Waals surface area contributed by atoms with Gasteiger partial charge >= 0.3 is 0 Å². The maximum atomic E-state index is 11.9. The third-order valence-corrected chi connectivity index (χ3v) is 2.67. The molecular formula is C12H26N2O2. The molecule has 0 aliphatic rings. The Kier molecular flexibility index (Phi) is 7.34. The van der Waals surface area contributed by atoms with E-state index in [0.717, 1.165) is 13.1 Å². The molecule has 0 aliphatic carbocycles. The molecule has 0 aromatic rings. The fourth-order valence-electron chi connectivity index (χ4n) is 1.89. The lowest BCUT2D eigenvalue weighted by Crippen LogP contribution is -2.48. The molecule has 2 N–H and O–H groups in total. The van der Waals surface area contributed by atoms with Crippen LogP contribution in [0.5, 0.6) is 0 Å². The van der Waals surface area contributed by atoms with E-state index in [4.69, 9.17) is 0 Å². The van der Waals surface area contributed by atoms with E-state index in [0.29, 0.717) is 6.42 Å². The molecule has 1 amide bonds. The molecule has 0 rings (SSSR count). The molecule has 0 saturated heterocycles. The van der Waals surface area contributed by atoms with Gasteiger partial charge in [0.15, 0.2) is 0 Å². The van der Waals surface area contributed by atoms with E-state index in [-0.39, 0.29) is 24.1 Å². The SMILES string of the molecule is CCN(CC)C(=O)C(C)NC(C)CC(C)O. The molecule has 16 heavy (non-hydrogen) atoms. The maximum Gasteiger partial charge on any atom is 0.239 e. The fraction of sp³-hybridized carbons (Fsp3) is 0.917. The molecule has 0 aliphatic heterocycles. The van der Waals surface area contributed by atoms with Gasteiger partial charge in [-0.1, -0.05) is 0 Å². The molecule has 4 heteroatoms. The van der Waals surface area contributed by atoms with E-state index < -0.39 is 0 Å². The van der Waals surface area contributed by atoms with Crippen molar-refractivity contribution in [1.29, 1.82) is 0 Å². The summed E-state index contributed by atoms with van der Waals surface area (Å²) in [7, 11) is 0. The monoisotopic (exact) mass is 230 g/mol. The lowest BCUT2D eigenvalue weighted by Gasteiger charge is -2.26. The molecule has 0 bridgehead atoms. The summed E-state index contributed by atoms with van der Waals surface area (Å²) in [6.07, 6.45) is 0.328. The summed E-state index contributed by atoms with van der Waals surface area (Å²) < 4.78 is 0. The summed E-state index contributed by atoms with van der Waals surface area (Å²) in [5, 5.41) is 12.4. The third-order valence-electron chi connectivity index (χ3n) is 2.67. The first-order chi connectivity index (χ1) is 7.42. The van der Waals surface area contributed by atoms with Gasteiger partial charge in [0.1, 0.15) is 0 Å². The van der Waals surface area contributed by atoms with Crippen LogP contribution in [0.3, 0.4) is 0 Å². The Balaban J connectivity index is 4.13. The largest absolute Gasteiger partial charge is 0.393 e. The van der Waals surface area contributed by atoms with E-state index in [1.807, 2.05) is 32.6 Å². The van der Waals surface area contributed by atoms with Crippen molar-refractivity contribution < 1.29 is 9.90 Å². The highest BCUT2D eigenvalue weighted by molar-refractivity contribution is 5.81. The van der Waals surface area contributed by atoms with Crippen LogP contribution < -0.4 is 5.32 Å². The van der Waals surface area contributed by atoms with Crippen molar-refractivity contribution in [3.63, 3.8) is 0 Å². The first-order valence-electron chi connectivity index (χ1n) is 6.15. The molecule has 3 unspecified atom stereocenters. The normalized spacial score (nSPS) is 16.6. The van der Waals surface area contributed by atoms with Crippen LogP contribution in [-0.4, -0.2) is 47.2 Å². The number of hydrogen-bond acceptors (Lipinski definition) is 3. The predicted octanol–water partition coefficient (Wildman–Crippen LogP) is 0.992. The lowest BCUT2D eigenvalue weighted by atomic mass is 10.1. The smallest absolute Gasteiger partial charge is 0.239 e. The quantitative estimate of drug-likeness (QED) is 0.686. The summed E-state index contributed by atoms with van der Waals surface area (Å²) >= 11 is 0. The Morgan fingerprint density at radius 1 is 1.25 bits per heavy atom. The van der Waals surface area contributed by atoms with Crippen molar-refractivity contribution in [3.8, 4) is 0 Å². The van der Waals surface area contributed by atoms with Gasteiger partial charge in [-0.3, -0.25) is 4.79 Å². The first kappa shape index (κ1) is 15.4. The van der Waals surface area contributed by atoms with E-state index in [9.17, 15) is 9.90 Å². The lowest BCUT2D eigenvalue weighted by molar-refractivity contribution is -0.132. The second-order valence-electron chi connectivity index (χ2n) is 4.38. The van der Waals surface area contributed by atoms with Crippen LogP contribution in [0, 0.1) is 0 Å². The molecule has 0 spiro atoms. The molecule has 0 aromatic heterocycles. The number of amides is 1. The van der Waals surface area contributed by atoms with Crippen molar-refractivity contribution in [2.24, 2.45) is 0 Å². The average Bonchev–Trinajstić information content (AvgIpc) is 2.17. The number of likely N-dealkylation sites (N-methyl/N-ethyl adjacent to an activating group) is 1. The van der Waals surface area contributed by atoms with Crippen molar-refractivity contribution in [2.45, 2.75) is 59.2 Å². The summed E-state index contributed by atoms with van der Waals surface area (Å²) in [6, 6.07) is -0.0387. The average molecular weight is 230 g/mol. The van der Waals surface area contributed by atoms with Gasteiger partial charge in [-0.25, -0.2) is 0 Å². The number of nitrogens with zero attached hydrogens (tertiary/aromatic N) is 1. The van der Waals surface area contributed by atoms with E-state index in [1.54, 1.807) is 6.92 Å². The molecule has 0 radical (unpaired) electrons. The minimum Gasteiger partial charge on any atom is -0.393 e. The number of hydrogen-bond donors (Lipinski definition) is 2. The Bertz CT molecular complexity index is 203. The molecule has 0 saturated carbocycles. The van der Waals surface area contributed by atoms with Crippen molar-refractivity contribution in [3.05, 3.63) is 0 Å². The van der Waals surface area contributed by atoms with Gasteiger partial charge in [0.25, 0.3) is 0 Å². The zero-order valence-corrected chi connectivity index (χ0v) is 11.2. The molecular weight excluding hydrogens is 204 g/mol.